The molecule has 152 valence electrons. The Kier molecular flexibility index (Phi) is 5.74. The van der Waals surface area contributed by atoms with E-state index in [-0.39, 0.29) is 22.8 Å². The van der Waals surface area contributed by atoms with Gasteiger partial charge in [-0.2, -0.15) is 0 Å². The van der Waals surface area contributed by atoms with Crippen LogP contribution >= 0.6 is 23.4 Å². The molecular weight excluding hydrogens is 427 g/mol. The maximum absolute atomic E-state index is 13.3. The monoisotopic (exact) mass is 442 g/mol. The average molecular weight is 443 g/mol. The first-order chi connectivity index (χ1) is 14.4. The Morgan fingerprint density at radius 1 is 1.20 bits per heavy atom. The lowest BCUT2D eigenvalue weighted by Crippen LogP contribution is -2.28. The van der Waals surface area contributed by atoms with Crippen LogP contribution in [0, 0.1) is 12.7 Å². The molecule has 1 aliphatic rings. The van der Waals surface area contributed by atoms with Crippen molar-refractivity contribution < 1.29 is 18.7 Å². The fourth-order valence-electron chi connectivity index (χ4n) is 3.23. The molecule has 4 rings (SSSR count). The van der Waals surface area contributed by atoms with Crippen molar-refractivity contribution in [2.75, 3.05) is 10.7 Å². The minimum Gasteiger partial charge on any atom is -0.421 e. The Labute approximate surface area is 181 Å². The zero-order valence-electron chi connectivity index (χ0n) is 15.8. The van der Waals surface area contributed by atoms with Crippen LogP contribution in [0.3, 0.4) is 0 Å². The lowest BCUT2D eigenvalue weighted by molar-refractivity contribution is -0.115. The highest BCUT2D eigenvalue weighted by molar-refractivity contribution is 8.00. The first-order valence-electron chi connectivity index (χ1n) is 9.05. The summed E-state index contributed by atoms with van der Waals surface area (Å²) >= 11 is 7.34. The normalized spacial score (nSPS) is 16.0. The number of hydrogen-bond acceptors (Lipinski definition) is 5. The van der Waals surface area contributed by atoms with Gasteiger partial charge in [0, 0.05) is 18.0 Å². The lowest BCUT2D eigenvalue weighted by Gasteiger charge is -2.26. The molecule has 0 N–H and O–H groups in total. The van der Waals surface area contributed by atoms with E-state index in [0.29, 0.717) is 22.0 Å². The van der Waals surface area contributed by atoms with Gasteiger partial charge < -0.3 is 4.74 Å². The second kappa shape index (κ2) is 8.45. The molecule has 1 fully saturated rings. The van der Waals surface area contributed by atoms with Gasteiger partial charge in [0.05, 0.1) is 22.5 Å². The molecule has 2 aromatic carbocycles. The van der Waals surface area contributed by atoms with Crippen molar-refractivity contribution >= 4 is 40.9 Å². The number of esters is 1. The molecule has 0 bridgehead atoms. The summed E-state index contributed by atoms with van der Waals surface area (Å²) in [5.41, 5.74) is 2.62. The molecule has 0 saturated carbocycles. The van der Waals surface area contributed by atoms with E-state index >= 15 is 0 Å². The quantitative estimate of drug-likeness (QED) is 0.521. The van der Waals surface area contributed by atoms with Gasteiger partial charge in [0.2, 0.25) is 5.91 Å². The predicted octanol–water partition coefficient (Wildman–Crippen LogP) is 5.18. The summed E-state index contributed by atoms with van der Waals surface area (Å²) in [5.74, 6) is -0.346. The molecule has 30 heavy (non-hydrogen) atoms. The average Bonchev–Trinajstić information content (AvgIpc) is 3.09. The number of halogens is 2. The molecule has 1 unspecified atom stereocenters. The Morgan fingerprint density at radius 2 is 1.97 bits per heavy atom. The van der Waals surface area contributed by atoms with Crippen LogP contribution in [0.25, 0.3) is 0 Å². The third kappa shape index (κ3) is 4.17. The zero-order chi connectivity index (χ0) is 21.3. The third-order valence-corrected chi connectivity index (χ3v) is 6.02. The Balaban J connectivity index is 1.59. The summed E-state index contributed by atoms with van der Waals surface area (Å²) in [7, 11) is 0. The Morgan fingerprint density at radius 3 is 2.67 bits per heavy atom. The van der Waals surface area contributed by atoms with Gasteiger partial charge in [0.25, 0.3) is 0 Å². The molecule has 1 saturated heterocycles. The van der Waals surface area contributed by atoms with Crippen molar-refractivity contribution in [2.24, 2.45) is 0 Å². The molecule has 5 nitrogen and oxygen atoms in total. The van der Waals surface area contributed by atoms with Crippen LogP contribution in [0.2, 0.25) is 5.02 Å². The van der Waals surface area contributed by atoms with Gasteiger partial charge in [-0.05, 0) is 48.4 Å². The van der Waals surface area contributed by atoms with Crippen LogP contribution in [-0.2, 0) is 4.79 Å². The SMILES string of the molecule is Cc1cc(C(=O)Oc2cncc(Cl)c2)ccc1N1C(=O)CSC1c1ccc(F)cc1. The number of ether oxygens (including phenoxy) is 1. The van der Waals surface area contributed by atoms with Crippen LogP contribution in [0.4, 0.5) is 10.1 Å². The smallest absolute Gasteiger partial charge is 0.343 e. The largest absolute Gasteiger partial charge is 0.421 e. The van der Waals surface area contributed by atoms with Gasteiger partial charge in [-0.1, -0.05) is 23.7 Å². The van der Waals surface area contributed by atoms with Gasteiger partial charge in [-0.3, -0.25) is 14.7 Å². The number of rotatable bonds is 4. The summed E-state index contributed by atoms with van der Waals surface area (Å²) in [4.78, 5) is 30.6. The van der Waals surface area contributed by atoms with E-state index in [1.54, 1.807) is 35.2 Å². The predicted molar refractivity (Wildman–Crippen MR) is 114 cm³/mol. The summed E-state index contributed by atoms with van der Waals surface area (Å²) in [5, 5.41) is 0.107. The lowest BCUT2D eigenvalue weighted by atomic mass is 10.1. The molecule has 8 heteroatoms. The van der Waals surface area contributed by atoms with Crippen molar-refractivity contribution in [3.8, 4) is 5.75 Å². The van der Waals surface area contributed by atoms with Gasteiger partial charge in [-0.25, -0.2) is 9.18 Å². The maximum Gasteiger partial charge on any atom is 0.343 e. The van der Waals surface area contributed by atoms with Crippen LogP contribution in [0.15, 0.2) is 60.9 Å². The summed E-state index contributed by atoms with van der Waals surface area (Å²) in [6.45, 7) is 1.82. The highest BCUT2D eigenvalue weighted by Gasteiger charge is 2.35. The Hall–Kier alpha value is -2.90. The number of aromatic nitrogens is 1. The molecule has 2 heterocycles. The summed E-state index contributed by atoms with van der Waals surface area (Å²) in [6, 6.07) is 12.6. The van der Waals surface area contributed by atoms with Gasteiger partial charge in [0.1, 0.15) is 11.2 Å². The number of hydrogen-bond donors (Lipinski definition) is 0. The van der Waals surface area contributed by atoms with E-state index in [0.717, 1.165) is 11.1 Å². The molecule has 0 spiro atoms. The molecular formula is C22H16ClFN2O3S. The van der Waals surface area contributed by atoms with Gasteiger partial charge in [0.15, 0.2) is 5.75 Å². The van der Waals surface area contributed by atoms with E-state index in [2.05, 4.69) is 4.98 Å². The maximum atomic E-state index is 13.3. The molecule has 0 radical (unpaired) electrons. The molecule has 1 amide bonds. The highest BCUT2D eigenvalue weighted by atomic mass is 35.5. The highest BCUT2D eigenvalue weighted by Crippen LogP contribution is 2.42. The number of pyridine rings is 1. The van der Waals surface area contributed by atoms with E-state index < -0.39 is 5.97 Å². The summed E-state index contributed by atoms with van der Waals surface area (Å²) in [6.07, 6.45) is 2.85. The second-order valence-electron chi connectivity index (χ2n) is 6.71. The van der Waals surface area contributed by atoms with Crippen molar-refractivity contribution in [1.82, 2.24) is 4.98 Å². The fourth-order valence-corrected chi connectivity index (χ4v) is 4.56. The third-order valence-electron chi connectivity index (χ3n) is 4.61. The number of amides is 1. The van der Waals surface area contributed by atoms with Crippen LogP contribution < -0.4 is 9.64 Å². The van der Waals surface area contributed by atoms with E-state index in [4.69, 9.17) is 16.3 Å². The van der Waals surface area contributed by atoms with Crippen LogP contribution in [0.1, 0.15) is 26.9 Å². The van der Waals surface area contributed by atoms with Crippen molar-refractivity contribution in [3.05, 3.63) is 88.5 Å². The van der Waals surface area contributed by atoms with Crippen molar-refractivity contribution in [2.45, 2.75) is 12.3 Å². The summed E-state index contributed by atoms with van der Waals surface area (Å²) < 4.78 is 18.6. The van der Waals surface area contributed by atoms with Gasteiger partial charge >= 0.3 is 5.97 Å². The van der Waals surface area contributed by atoms with E-state index in [1.165, 1.54) is 42.4 Å². The first kappa shape index (κ1) is 20.4. The molecule has 0 aliphatic carbocycles. The minimum absolute atomic E-state index is 0.0437. The first-order valence-corrected chi connectivity index (χ1v) is 10.5. The molecule has 1 aromatic heterocycles. The number of carbonyl (C=O) groups is 2. The zero-order valence-corrected chi connectivity index (χ0v) is 17.4. The number of benzene rings is 2. The number of carbonyl (C=O) groups excluding carboxylic acids is 2. The fraction of sp³-hybridized carbons (Fsp3) is 0.136. The Bertz CT molecular complexity index is 1120. The second-order valence-corrected chi connectivity index (χ2v) is 8.21. The van der Waals surface area contributed by atoms with Crippen LogP contribution in [-0.4, -0.2) is 22.6 Å². The number of anilines is 1. The van der Waals surface area contributed by atoms with Crippen molar-refractivity contribution in [1.29, 1.82) is 0 Å². The molecule has 1 atom stereocenters. The standard InChI is InChI=1S/C22H16ClFN2O3S/c1-13-8-15(22(28)29-18-9-16(23)10-25-11-18)4-7-19(13)26-20(27)12-30-21(26)14-2-5-17(24)6-3-14/h2-11,21H,12H2,1H3. The number of nitrogens with zero attached hydrogens (tertiary/aromatic N) is 2. The number of thioether (sulfide) groups is 1. The minimum atomic E-state index is -0.550. The van der Waals surface area contributed by atoms with E-state index in [1.807, 2.05) is 6.92 Å². The van der Waals surface area contributed by atoms with Crippen LogP contribution in [0.5, 0.6) is 5.75 Å². The van der Waals surface area contributed by atoms with Gasteiger partial charge in [-0.15, -0.1) is 11.8 Å². The molecule has 1 aliphatic heterocycles. The van der Waals surface area contributed by atoms with Crippen molar-refractivity contribution in [3.63, 3.8) is 0 Å². The number of aryl methyl sites for hydroxylation is 1. The van der Waals surface area contributed by atoms with E-state index in [9.17, 15) is 14.0 Å². The molecule has 3 aromatic rings. The topological polar surface area (TPSA) is 59.5 Å².